The molecule has 36 heavy (non-hydrogen) atoms. The number of carbonyl (C=O) groups is 1. The summed E-state index contributed by atoms with van der Waals surface area (Å²) in [5, 5.41) is 20.7. The van der Waals surface area contributed by atoms with E-state index in [1.54, 1.807) is 12.3 Å². The summed E-state index contributed by atoms with van der Waals surface area (Å²) in [6.07, 6.45) is 4.43. The summed E-state index contributed by atoms with van der Waals surface area (Å²) in [5.41, 5.74) is 2.17. The summed E-state index contributed by atoms with van der Waals surface area (Å²) in [4.78, 5) is 28.6. The number of rotatable bonds is 8. The fourth-order valence-corrected chi connectivity index (χ4v) is 4.55. The monoisotopic (exact) mass is 488 g/mol. The van der Waals surface area contributed by atoms with E-state index in [1.165, 1.54) is 0 Å². The van der Waals surface area contributed by atoms with Crippen LogP contribution in [0, 0.1) is 29.1 Å². The Bertz CT molecular complexity index is 1270. The lowest BCUT2D eigenvalue weighted by molar-refractivity contribution is 0.0923. The number of aromatic nitrogens is 5. The topological polar surface area (TPSA) is 133 Å². The van der Waals surface area contributed by atoms with E-state index < -0.39 is 0 Å². The maximum absolute atomic E-state index is 13.0. The van der Waals surface area contributed by atoms with Gasteiger partial charge in [0.1, 0.15) is 11.5 Å². The van der Waals surface area contributed by atoms with Crippen molar-refractivity contribution >= 4 is 22.8 Å². The second kappa shape index (κ2) is 10.1. The molecular formula is C26H32N8O2. The summed E-state index contributed by atoms with van der Waals surface area (Å²) >= 11 is 0. The lowest BCUT2D eigenvalue weighted by Crippen LogP contribution is -2.37. The van der Waals surface area contributed by atoms with Crippen LogP contribution < -0.4 is 15.0 Å². The summed E-state index contributed by atoms with van der Waals surface area (Å²) in [6.45, 7) is 8.06. The first kappa shape index (κ1) is 24.0. The minimum absolute atomic E-state index is 0.0117. The third-order valence-corrected chi connectivity index (χ3v) is 7.38. The van der Waals surface area contributed by atoms with Crippen molar-refractivity contribution < 1.29 is 9.53 Å². The molecule has 1 amide bonds. The number of carbonyl (C=O) groups excluding carboxylic acids is 1. The van der Waals surface area contributed by atoms with Gasteiger partial charge in [-0.3, -0.25) is 9.89 Å². The number of anilines is 1. The van der Waals surface area contributed by atoms with Gasteiger partial charge in [-0.25, -0.2) is 4.98 Å². The van der Waals surface area contributed by atoms with Crippen molar-refractivity contribution in [1.82, 2.24) is 30.5 Å². The van der Waals surface area contributed by atoms with Crippen LogP contribution in [0.5, 0.6) is 6.01 Å². The van der Waals surface area contributed by atoms with Gasteiger partial charge in [0.2, 0.25) is 0 Å². The standard InChI is InChI=1S/C26H32N8O2/c1-15(2)16(3)29-25(35)21-12-22(31-26(30-21)36-14-19-11-18(19)13-27)34-9-6-17(7-10-34)23-20-5-4-8-28-24(20)33-32-23/h4-5,8,12,15-19H,6-7,9-11,14H2,1-3H3,(H,29,35)(H,28,32,33)/t16-,18+,19-/m1/s1. The predicted molar refractivity (Wildman–Crippen MR) is 135 cm³/mol. The molecule has 2 fully saturated rings. The Kier molecular flexibility index (Phi) is 6.72. The van der Waals surface area contributed by atoms with Crippen LogP contribution in [-0.2, 0) is 0 Å². The van der Waals surface area contributed by atoms with E-state index in [1.807, 2.05) is 13.0 Å². The van der Waals surface area contributed by atoms with Crippen LogP contribution in [0.2, 0.25) is 0 Å². The average Bonchev–Trinajstić information content (AvgIpc) is 3.54. The number of hydrogen-bond acceptors (Lipinski definition) is 8. The highest BCUT2D eigenvalue weighted by molar-refractivity contribution is 5.93. The van der Waals surface area contributed by atoms with Gasteiger partial charge in [0.05, 0.1) is 18.6 Å². The lowest BCUT2D eigenvalue weighted by Gasteiger charge is -2.32. The third-order valence-electron chi connectivity index (χ3n) is 7.38. The Balaban J connectivity index is 1.32. The number of aromatic amines is 1. The fraction of sp³-hybridized carbons (Fsp3) is 0.538. The summed E-state index contributed by atoms with van der Waals surface area (Å²) < 4.78 is 5.86. The molecule has 1 aliphatic carbocycles. The number of nitrogens with one attached hydrogen (secondary N) is 2. The number of piperidine rings is 1. The SMILES string of the molecule is CC(C)[C@@H](C)NC(=O)c1cc(N2CCC(c3[nH]nc4ncccc34)CC2)nc(OC[C@H]2C[C@H]2C#N)n1. The Morgan fingerprint density at radius 1 is 1.31 bits per heavy atom. The van der Waals surface area contributed by atoms with Crippen LogP contribution in [0.25, 0.3) is 11.0 Å². The highest BCUT2D eigenvalue weighted by Gasteiger charge is 2.38. The van der Waals surface area contributed by atoms with Crippen LogP contribution in [0.15, 0.2) is 24.4 Å². The molecule has 3 aromatic heterocycles. The molecule has 0 aromatic carbocycles. The van der Waals surface area contributed by atoms with E-state index in [4.69, 9.17) is 10.00 Å². The van der Waals surface area contributed by atoms with Gasteiger partial charge >= 0.3 is 6.01 Å². The van der Waals surface area contributed by atoms with Crippen molar-refractivity contribution in [1.29, 1.82) is 5.26 Å². The van der Waals surface area contributed by atoms with Crippen LogP contribution in [0.1, 0.15) is 62.1 Å². The summed E-state index contributed by atoms with van der Waals surface area (Å²) in [5.74, 6) is 1.34. The maximum atomic E-state index is 13.0. The average molecular weight is 489 g/mol. The number of hydrogen-bond donors (Lipinski definition) is 2. The first-order chi connectivity index (χ1) is 17.4. The van der Waals surface area contributed by atoms with E-state index in [-0.39, 0.29) is 29.8 Å². The molecule has 1 aliphatic heterocycles. The predicted octanol–water partition coefficient (Wildman–Crippen LogP) is 3.44. The van der Waals surface area contributed by atoms with Crippen LogP contribution in [0.4, 0.5) is 5.82 Å². The largest absolute Gasteiger partial charge is 0.463 e. The van der Waals surface area contributed by atoms with E-state index in [2.05, 4.69) is 61.3 Å². The number of nitriles is 1. The van der Waals surface area contributed by atoms with E-state index in [0.717, 1.165) is 49.1 Å². The maximum Gasteiger partial charge on any atom is 0.319 e. The third kappa shape index (κ3) is 5.10. The fourth-order valence-electron chi connectivity index (χ4n) is 4.55. The first-order valence-corrected chi connectivity index (χ1v) is 12.7. The zero-order chi connectivity index (χ0) is 25.2. The number of pyridine rings is 1. The van der Waals surface area contributed by atoms with Gasteiger partial charge < -0.3 is 15.0 Å². The molecule has 1 saturated carbocycles. The van der Waals surface area contributed by atoms with Crippen molar-refractivity contribution in [2.75, 3.05) is 24.6 Å². The molecule has 4 heterocycles. The molecular weight excluding hydrogens is 456 g/mol. The summed E-state index contributed by atoms with van der Waals surface area (Å²) in [7, 11) is 0. The van der Waals surface area contributed by atoms with Crippen LogP contribution in [-0.4, -0.2) is 56.8 Å². The molecule has 3 aromatic rings. The first-order valence-electron chi connectivity index (χ1n) is 12.7. The molecule has 5 rings (SSSR count). The molecule has 3 atom stereocenters. The van der Waals surface area contributed by atoms with Gasteiger partial charge in [-0.15, -0.1) is 0 Å². The highest BCUT2D eigenvalue weighted by Crippen LogP contribution is 2.38. The lowest BCUT2D eigenvalue weighted by atomic mass is 9.92. The quantitative estimate of drug-likeness (QED) is 0.493. The van der Waals surface area contributed by atoms with Gasteiger partial charge in [0, 0.05) is 54.3 Å². The van der Waals surface area contributed by atoms with Gasteiger partial charge in [0.15, 0.2) is 5.65 Å². The number of amides is 1. The number of nitrogens with zero attached hydrogens (tertiary/aromatic N) is 6. The van der Waals surface area contributed by atoms with Crippen molar-refractivity contribution in [3.8, 4) is 12.1 Å². The molecule has 0 unspecified atom stereocenters. The zero-order valence-corrected chi connectivity index (χ0v) is 20.9. The number of H-pyrrole nitrogens is 1. The van der Waals surface area contributed by atoms with Gasteiger partial charge in [0.25, 0.3) is 5.91 Å². The number of ether oxygens (including phenoxy) is 1. The Morgan fingerprint density at radius 3 is 2.83 bits per heavy atom. The molecule has 0 radical (unpaired) electrons. The molecule has 10 heteroatoms. The Labute approximate surface area is 210 Å². The van der Waals surface area contributed by atoms with Crippen molar-refractivity contribution in [3.05, 3.63) is 35.8 Å². The summed E-state index contributed by atoms with van der Waals surface area (Å²) in [6, 6.07) is 8.21. The molecule has 0 spiro atoms. The second-order valence-corrected chi connectivity index (χ2v) is 10.2. The van der Waals surface area contributed by atoms with Crippen molar-refractivity contribution in [3.63, 3.8) is 0 Å². The molecule has 2 aliphatic rings. The zero-order valence-electron chi connectivity index (χ0n) is 20.9. The number of fused-ring (bicyclic) bond motifs is 1. The molecule has 1 saturated heterocycles. The molecule has 2 N–H and O–H groups in total. The van der Waals surface area contributed by atoms with Gasteiger partial charge in [-0.2, -0.15) is 20.3 Å². The molecule has 0 bridgehead atoms. The van der Waals surface area contributed by atoms with E-state index in [9.17, 15) is 4.79 Å². The van der Waals surface area contributed by atoms with Crippen molar-refractivity contribution in [2.45, 2.75) is 52.0 Å². The highest BCUT2D eigenvalue weighted by atomic mass is 16.5. The smallest absolute Gasteiger partial charge is 0.319 e. The molecule has 188 valence electrons. The Morgan fingerprint density at radius 2 is 2.11 bits per heavy atom. The Hall–Kier alpha value is -3.74. The second-order valence-electron chi connectivity index (χ2n) is 10.2. The van der Waals surface area contributed by atoms with Crippen LogP contribution in [0.3, 0.4) is 0 Å². The van der Waals surface area contributed by atoms with Crippen LogP contribution >= 0.6 is 0 Å². The van der Waals surface area contributed by atoms with E-state index in [0.29, 0.717) is 30.0 Å². The minimum Gasteiger partial charge on any atom is -0.463 e. The van der Waals surface area contributed by atoms with Crippen molar-refractivity contribution in [2.24, 2.45) is 17.8 Å². The minimum atomic E-state index is -0.239. The van der Waals surface area contributed by atoms with Gasteiger partial charge in [-0.05, 0) is 44.2 Å². The molecule has 10 nitrogen and oxygen atoms in total. The normalized spacial score (nSPS) is 20.8. The van der Waals surface area contributed by atoms with Gasteiger partial charge in [-0.1, -0.05) is 13.8 Å². The van der Waals surface area contributed by atoms with E-state index >= 15 is 0 Å².